The van der Waals surface area contributed by atoms with Gasteiger partial charge in [-0.15, -0.1) is 0 Å². The zero-order valence-corrected chi connectivity index (χ0v) is 21.7. The van der Waals surface area contributed by atoms with Crippen LogP contribution in [0.25, 0.3) is 11.6 Å². The highest BCUT2D eigenvalue weighted by Crippen LogP contribution is 2.45. The molecule has 2 N–H and O–H groups in total. The van der Waals surface area contributed by atoms with Crippen LogP contribution >= 0.6 is 11.6 Å². The summed E-state index contributed by atoms with van der Waals surface area (Å²) in [5.41, 5.74) is 8.86. The van der Waals surface area contributed by atoms with Crippen LogP contribution in [-0.2, 0) is 6.54 Å². The number of piperidine rings is 1. The van der Waals surface area contributed by atoms with Gasteiger partial charge in [0.15, 0.2) is 0 Å². The molecule has 1 aromatic carbocycles. The third-order valence-corrected chi connectivity index (χ3v) is 8.26. The van der Waals surface area contributed by atoms with Gasteiger partial charge in [0.2, 0.25) is 6.33 Å². The van der Waals surface area contributed by atoms with Crippen molar-refractivity contribution in [1.82, 2.24) is 14.8 Å². The van der Waals surface area contributed by atoms with Crippen LogP contribution in [0, 0.1) is 19.8 Å². The Balaban J connectivity index is 1.48. The van der Waals surface area contributed by atoms with Gasteiger partial charge in [0.25, 0.3) is 0 Å². The van der Waals surface area contributed by atoms with Crippen molar-refractivity contribution in [3.05, 3.63) is 81.7 Å². The van der Waals surface area contributed by atoms with Crippen molar-refractivity contribution in [2.45, 2.75) is 58.8 Å². The number of benzene rings is 1. The lowest BCUT2D eigenvalue weighted by Gasteiger charge is -2.37. The summed E-state index contributed by atoms with van der Waals surface area (Å²) in [4.78, 5) is 10.5. The smallest absolute Gasteiger partial charge is 0.376 e. The van der Waals surface area contributed by atoms with E-state index in [4.69, 9.17) is 16.6 Å². The van der Waals surface area contributed by atoms with E-state index in [0.717, 1.165) is 50.3 Å². The van der Waals surface area contributed by atoms with Crippen LogP contribution in [-0.4, -0.2) is 39.9 Å². The number of hydrogen-bond donors (Lipinski definition) is 2. The summed E-state index contributed by atoms with van der Waals surface area (Å²) in [7, 11) is -0.389. The molecule has 1 aliphatic heterocycles. The van der Waals surface area contributed by atoms with Crippen molar-refractivity contribution in [2.24, 2.45) is 5.92 Å². The third kappa shape index (κ3) is 4.97. The lowest BCUT2D eigenvalue weighted by atomic mass is 9.73. The van der Waals surface area contributed by atoms with E-state index in [2.05, 4.69) is 64.9 Å². The summed E-state index contributed by atoms with van der Waals surface area (Å²) in [6, 6.07) is 10.7. The summed E-state index contributed by atoms with van der Waals surface area (Å²) < 4.78 is 2.31. The number of imidazole rings is 1. The molecule has 7 heteroatoms. The van der Waals surface area contributed by atoms with Crippen molar-refractivity contribution in [3.8, 4) is 0 Å². The quantitative estimate of drug-likeness (QED) is 0.367. The fraction of sp³-hybridized carbons (Fsp3) is 0.429. The Hall–Kier alpha value is -2.41. The molecule has 35 heavy (non-hydrogen) atoms. The second-order valence-corrected chi connectivity index (χ2v) is 10.6. The minimum atomic E-state index is -0.389. The van der Waals surface area contributed by atoms with Gasteiger partial charge in [-0.05, 0) is 92.0 Å². The SMILES string of the molecule is CB(O)N1CCC(C2c3ccc(Cl)cc3C=C(CCC[n+]3c[nH]c(C)c3C)c3cccnc32)CC1. The van der Waals surface area contributed by atoms with Gasteiger partial charge in [-0.25, -0.2) is 9.55 Å². The summed E-state index contributed by atoms with van der Waals surface area (Å²) in [5, 5.41) is 10.8. The molecule has 1 fully saturated rings. The maximum Gasteiger partial charge on any atom is 0.376 e. The zero-order chi connectivity index (χ0) is 24.5. The second-order valence-electron chi connectivity index (χ2n) is 10.1. The highest BCUT2D eigenvalue weighted by atomic mass is 35.5. The fourth-order valence-electron chi connectivity index (χ4n) is 5.88. The molecule has 3 heterocycles. The molecular weight excluding hydrogens is 455 g/mol. The summed E-state index contributed by atoms with van der Waals surface area (Å²) in [6.07, 6.45) is 10.5. The minimum absolute atomic E-state index is 0.229. The third-order valence-electron chi connectivity index (χ3n) is 8.02. The van der Waals surface area contributed by atoms with Crippen LogP contribution in [0.15, 0.2) is 42.9 Å². The number of allylic oxidation sites excluding steroid dienone is 1. The van der Waals surface area contributed by atoms with Crippen molar-refractivity contribution in [3.63, 3.8) is 0 Å². The lowest BCUT2D eigenvalue weighted by molar-refractivity contribution is -0.701. The molecular formula is C28H35BClN4O+. The molecule has 1 unspecified atom stereocenters. The molecule has 5 rings (SSSR count). The molecule has 182 valence electrons. The van der Waals surface area contributed by atoms with E-state index in [0.29, 0.717) is 5.92 Å². The number of nitrogens with one attached hydrogen (secondary N) is 1. The zero-order valence-electron chi connectivity index (χ0n) is 21.0. The Morgan fingerprint density at radius 2 is 2.03 bits per heavy atom. The number of pyridine rings is 1. The largest absolute Gasteiger partial charge is 0.437 e. The Morgan fingerprint density at radius 1 is 1.23 bits per heavy atom. The van der Waals surface area contributed by atoms with Crippen molar-refractivity contribution >= 4 is 30.3 Å². The van der Waals surface area contributed by atoms with E-state index >= 15 is 0 Å². The summed E-state index contributed by atoms with van der Waals surface area (Å²) >= 11 is 6.49. The predicted molar refractivity (Wildman–Crippen MR) is 143 cm³/mol. The van der Waals surface area contributed by atoms with Crippen LogP contribution in [0.4, 0.5) is 0 Å². The maximum atomic E-state index is 10.1. The Kier molecular flexibility index (Phi) is 7.15. The van der Waals surface area contributed by atoms with E-state index in [1.807, 2.05) is 19.1 Å². The molecule has 1 aliphatic carbocycles. The normalized spacial score (nSPS) is 18.5. The van der Waals surface area contributed by atoms with Gasteiger partial charge in [-0.3, -0.25) is 4.98 Å². The second kappa shape index (κ2) is 10.3. The van der Waals surface area contributed by atoms with E-state index in [9.17, 15) is 5.02 Å². The Bertz CT molecular complexity index is 1230. The Morgan fingerprint density at radius 3 is 2.74 bits per heavy atom. The van der Waals surface area contributed by atoms with Crippen LogP contribution < -0.4 is 4.57 Å². The number of aromatic amines is 1. The van der Waals surface area contributed by atoms with Crippen molar-refractivity contribution in [2.75, 3.05) is 13.1 Å². The van der Waals surface area contributed by atoms with Crippen LogP contribution in [0.3, 0.4) is 0 Å². The number of fused-ring (bicyclic) bond motifs is 2. The highest BCUT2D eigenvalue weighted by Gasteiger charge is 2.35. The molecule has 0 amide bonds. The summed E-state index contributed by atoms with van der Waals surface area (Å²) in [5.74, 6) is 0.708. The first kappa shape index (κ1) is 24.3. The van der Waals surface area contributed by atoms with E-state index in [-0.39, 0.29) is 13.0 Å². The molecule has 0 radical (unpaired) electrons. The maximum absolute atomic E-state index is 10.1. The standard InChI is InChI=1S/C28H34BClN4O/c1-19-20(2)33(18-32-19)13-5-6-22-16-23-17-24(30)8-9-25(23)27(28-26(22)7-4-12-31-28)21-10-14-34(15-11-21)29(3)35/h4,7-9,12,16-18,21,27,35H,5-6,10-11,13-15H2,1-3H3/p+1. The molecule has 3 aromatic rings. The molecule has 5 nitrogen and oxygen atoms in total. The van der Waals surface area contributed by atoms with E-state index in [1.54, 1.807) is 0 Å². The first-order valence-electron chi connectivity index (χ1n) is 12.8. The monoisotopic (exact) mass is 489 g/mol. The van der Waals surface area contributed by atoms with Crippen molar-refractivity contribution in [1.29, 1.82) is 0 Å². The van der Waals surface area contributed by atoms with Gasteiger partial charge in [0.05, 0.1) is 12.2 Å². The van der Waals surface area contributed by atoms with Gasteiger partial charge in [0, 0.05) is 31.0 Å². The molecule has 0 bridgehead atoms. The number of rotatable bonds is 6. The number of hydrogen-bond acceptors (Lipinski definition) is 3. The topological polar surface area (TPSA) is 56.0 Å². The predicted octanol–water partition coefficient (Wildman–Crippen LogP) is 5.26. The first-order chi connectivity index (χ1) is 16.9. The molecule has 1 saturated heterocycles. The van der Waals surface area contributed by atoms with Gasteiger partial charge in [-0.1, -0.05) is 29.8 Å². The number of aryl methyl sites for hydroxylation is 2. The van der Waals surface area contributed by atoms with Crippen molar-refractivity contribution < 1.29 is 9.59 Å². The fourth-order valence-corrected chi connectivity index (χ4v) is 6.06. The van der Waals surface area contributed by atoms with Crippen LogP contribution in [0.1, 0.15) is 65.4 Å². The van der Waals surface area contributed by atoms with Gasteiger partial charge in [0.1, 0.15) is 11.4 Å². The first-order valence-corrected chi connectivity index (χ1v) is 13.2. The number of halogens is 1. The number of aromatic nitrogens is 3. The molecule has 1 atom stereocenters. The van der Waals surface area contributed by atoms with Gasteiger partial charge in [-0.2, -0.15) is 0 Å². The molecule has 0 saturated carbocycles. The number of H-pyrrole nitrogens is 1. The molecule has 2 aromatic heterocycles. The highest BCUT2D eigenvalue weighted by molar-refractivity contribution is 6.45. The van der Waals surface area contributed by atoms with E-state index in [1.165, 1.54) is 39.3 Å². The molecule has 0 spiro atoms. The Labute approximate surface area is 214 Å². The van der Waals surface area contributed by atoms with E-state index < -0.39 is 0 Å². The number of nitrogens with zero attached hydrogens (tertiary/aromatic N) is 3. The van der Waals surface area contributed by atoms with Gasteiger partial charge >= 0.3 is 7.05 Å². The average molecular weight is 490 g/mol. The van der Waals surface area contributed by atoms with Gasteiger partial charge < -0.3 is 9.83 Å². The van der Waals surface area contributed by atoms with Crippen LogP contribution in [0.2, 0.25) is 11.8 Å². The lowest BCUT2D eigenvalue weighted by Crippen LogP contribution is -2.44. The molecule has 2 aliphatic rings. The average Bonchev–Trinajstić information content (AvgIpc) is 3.10. The summed E-state index contributed by atoms with van der Waals surface area (Å²) in [6.45, 7) is 8.96. The van der Waals surface area contributed by atoms with Crippen LogP contribution in [0.5, 0.6) is 0 Å². The minimum Gasteiger partial charge on any atom is -0.437 e.